The normalized spacial score (nSPS) is 11.1. The first kappa shape index (κ1) is 13.0. The molecule has 0 aliphatic carbocycles. The summed E-state index contributed by atoms with van der Waals surface area (Å²) in [5.74, 6) is 0.587. The summed E-state index contributed by atoms with van der Waals surface area (Å²) in [7, 11) is 0. The highest BCUT2D eigenvalue weighted by Crippen LogP contribution is 2.40. The van der Waals surface area contributed by atoms with Crippen molar-refractivity contribution < 1.29 is 10.2 Å². The summed E-state index contributed by atoms with van der Waals surface area (Å²) in [6, 6.07) is 12.9. The molecule has 20 heavy (non-hydrogen) atoms. The standard InChI is InChI=1S/C17H16O2S/c1-2-3-15-14-9-8-13(19)10-16(14)20-17(15)11-4-6-12(18)7-5-11/h4-10,18-19H,2-3H2,1H3. The van der Waals surface area contributed by atoms with E-state index < -0.39 is 0 Å². The van der Waals surface area contributed by atoms with Crippen LogP contribution < -0.4 is 0 Å². The number of rotatable bonds is 3. The first-order chi connectivity index (χ1) is 9.69. The lowest BCUT2D eigenvalue weighted by Crippen LogP contribution is -1.84. The number of aromatic hydroxyl groups is 2. The van der Waals surface area contributed by atoms with E-state index in [1.807, 2.05) is 24.3 Å². The van der Waals surface area contributed by atoms with Gasteiger partial charge < -0.3 is 10.2 Å². The maximum Gasteiger partial charge on any atom is 0.117 e. The summed E-state index contributed by atoms with van der Waals surface area (Å²) < 4.78 is 1.11. The zero-order valence-corrected chi connectivity index (χ0v) is 12.1. The van der Waals surface area contributed by atoms with Gasteiger partial charge in [0.15, 0.2) is 0 Å². The van der Waals surface area contributed by atoms with Gasteiger partial charge in [-0.05, 0) is 65.4 Å². The lowest BCUT2D eigenvalue weighted by molar-refractivity contribution is 0.475. The summed E-state index contributed by atoms with van der Waals surface area (Å²) in [5.41, 5.74) is 2.45. The summed E-state index contributed by atoms with van der Waals surface area (Å²) in [4.78, 5) is 1.23. The third kappa shape index (κ3) is 2.25. The van der Waals surface area contributed by atoms with Crippen molar-refractivity contribution in [3.8, 4) is 21.9 Å². The third-order valence-electron chi connectivity index (χ3n) is 3.41. The molecule has 3 heteroatoms. The zero-order chi connectivity index (χ0) is 14.1. The summed E-state index contributed by atoms with van der Waals surface area (Å²) in [6.45, 7) is 2.17. The Morgan fingerprint density at radius 2 is 1.65 bits per heavy atom. The molecular formula is C17H16O2S. The van der Waals surface area contributed by atoms with Gasteiger partial charge in [-0.1, -0.05) is 13.3 Å². The summed E-state index contributed by atoms with van der Waals surface area (Å²) in [6.07, 6.45) is 2.10. The molecule has 2 aromatic carbocycles. The van der Waals surface area contributed by atoms with Crippen LogP contribution in [0.15, 0.2) is 42.5 Å². The van der Waals surface area contributed by atoms with Crippen LogP contribution in [0.2, 0.25) is 0 Å². The van der Waals surface area contributed by atoms with Crippen LogP contribution in [-0.2, 0) is 6.42 Å². The molecule has 0 atom stereocenters. The fraction of sp³-hybridized carbons (Fsp3) is 0.176. The minimum atomic E-state index is 0.282. The Morgan fingerprint density at radius 1 is 0.950 bits per heavy atom. The SMILES string of the molecule is CCCc1c(-c2ccc(O)cc2)sc2cc(O)ccc12. The van der Waals surface area contributed by atoms with Crippen molar-refractivity contribution in [2.75, 3.05) is 0 Å². The molecule has 1 heterocycles. The molecule has 2 nitrogen and oxygen atoms in total. The smallest absolute Gasteiger partial charge is 0.117 e. The molecule has 2 N–H and O–H groups in total. The summed E-state index contributed by atoms with van der Waals surface area (Å²) >= 11 is 1.70. The number of hydrogen-bond acceptors (Lipinski definition) is 3. The van der Waals surface area contributed by atoms with Gasteiger partial charge in [-0.3, -0.25) is 0 Å². The molecule has 0 bridgehead atoms. The van der Waals surface area contributed by atoms with Gasteiger partial charge in [0.2, 0.25) is 0 Å². The highest BCUT2D eigenvalue weighted by atomic mass is 32.1. The molecule has 0 saturated heterocycles. The van der Waals surface area contributed by atoms with E-state index in [4.69, 9.17) is 0 Å². The minimum absolute atomic E-state index is 0.282. The van der Waals surface area contributed by atoms with Crippen molar-refractivity contribution >= 4 is 21.4 Å². The largest absolute Gasteiger partial charge is 0.508 e. The van der Waals surface area contributed by atoms with Crippen LogP contribution in [0.3, 0.4) is 0 Å². The Hall–Kier alpha value is -2.00. The van der Waals surface area contributed by atoms with Gasteiger partial charge in [0.1, 0.15) is 11.5 Å². The van der Waals surface area contributed by atoms with Crippen molar-refractivity contribution in [2.24, 2.45) is 0 Å². The van der Waals surface area contributed by atoms with Gasteiger partial charge in [0, 0.05) is 9.58 Å². The first-order valence-corrected chi connectivity index (χ1v) is 7.54. The van der Waals surface area contributed by atoms with E-state index >= 15 is 0 Å². The van der Waals surface area contributed by atoms with Crippen LogP contribution in [0.1, 0.15) is 18.9 Å². The van der Waals surface area contributed by atoms with Crippen molar-refractivity contribution in [3.63, 3.8) is 0 Å². The number of benzene rings is 2. The zero-order valence-electron chi connectivity index (χ0n) is 11.3. The fourth-order valence-electron chi connectivity index (χ4n) is 2.48. The van der Waals surface area contributed by atoms with Gasteiger partial charge in [-0.25, -0.2) is 0 Å². The maximum absolute atomic E-state index is 9.64. The maximum atomic E-state index is 9.64. The molecule has 0 unspecified atom stereocenters. The second-order valence-electron chi connectivity index (χ2n) is 4.89. The number of phenols is 2. The lowest BCUT2D eigenvalue weighted by Gasteiger charge is -2.04. The average molecular weight is 284 g/mol. The number of fused-ring (bicyclic) bond motifs is 1. The molecule has 0 fully saturated rings. The van der Waals surface area contributed by atoms with E-state index in [0.29, 0.717) is 5.75 Å². The second-order valence-corrected chi connectivity index (χ2v) is 5.94. The number of hydrogen-bond donors (Lipinski definition) is 2. The number of aryl methyl sites for hydroxylation is 1. The van der Waals surface area contributed by atoms with Gasteiger partial charge in [0.25, 0.3) is 0 Å². The molecular weight excluding hydrogens is 268 g/mol. The number of thiophene rings is 1. The Bertz CT molecular complexity index is 742. The van der Waals surface area contributed by atoms with E-state index in [0.717, 1.165) is 23.1 Å². The van der Waals surface area contributed by atoms with Crippen molar-refractivity contribution in [1.29, 1.82) is 0 Å². The molecule has 0 saturated carbocycles. The highest BCUT2D eigenvalue weighted by molar-refractivity contribution is 7.22. The Labute approximate surface area is 121 Å². The van der Waals surface area contributed by atoms with Crippen LogP contribution in [0.5, 0.6) is 11.5 Å². The van der Waals surface area contributed by atoms with Crippen molar-refractivity contribution in [3.05, 3.63) is 48.0 Å². The monoisotopic (exact) mass is 284 g/mol. The molecule has 0 spiro atoms. The van der Waals surface area contributed by atoms with Crippen LogP contribution in [0.4, 0.5) is 0 Å². The van der Waals surface area contributed by atoms with E-state index in [2.05, 4.69) is 6.92 Å². The molecule has 3 aromatic rings. The molecule has 0 aliphatic heterocycles. The molecule has 102 valence electrons. The summed E-state index contributed by atoms with van der Waals surface area (Å²) in [5, 5.41) is 20.3. The average Bonchev–Trinajstić information content (AvgIpc) is 2.78. The van der Waals surface area contributed by atoms with E-state index in [1.54, 1.807) is 29.5 Å². The predicted molar refractivity (Wildman–Crippen MR) is 84.6 cm³/mol. The van der Waals surface area contributed by atoms with Crippen LogP contribution in [-0.4, -0.2) is 10.2 Å². The Balaban J connectivity index is 2.22. The topological polar surface area (TPSA) is 40.5 Å². The van der Waals surface area contributed by atoms with Gasteiger partial charge in [-0.2, -0.15) is 0 Å². The van der Waals surface area contributed by atoms with Crippen LogP contribution in [0.25, 0.3) is 20.5 Å². The van der Waals surface area contributed by atoms with Crippen molar-refractivity contribution in [1.82, 2.24) is 0 Å². The Morgan fingerprint density at radius 3 is 2.35 bits per heavy atom. The Kier molecular flexibility index (Phi) is 3.36. The highest BCUT2D eigenvalue weighted by Gasteiger charge is 2.13. The molecule has 0 amide bonds. The minimum Gasteiger partial charge on any atom is -0.508 e. The first-order valence-electron chi connectivity index (χ1n) is 6.73. The molecule has 0 aliphatic rings. The van der Waals surface area contributed by atoms with Gasteiger partial charge in [0.05, 0.1) is 0 Å². The third-order valence-corrected chi connectivity index (χ3v) is 4.65. The van der Waals surface area contributed by atoms with E-state index in [-0.39, 0.29) is 5.75 Å². The van der Waals surface area contributed by atoms with Crippen LogP contribution >= 0.6 is 11.3 Å². The van der Waals surface area contributed by atoms with Crippen molar-refractivity contribution in [2.45, 2.75) is 19.8 Å². The molecule has 0 radical (unpaired) electrons. The number of phenolic OH excluding ortho intramolecular Hbond substituents is 2. The predicted octanol–water partition coefficient (Wildman–Crippen LogP) is 4.93. The quantitative estimate of drug-likeness (QED) is 0.715. The van der Waals surface area contributed by atoms with Gasteiger partial charge >= 0.3 is 0 Å². The second kappa shape index (κ2) is 5.17. The fourth-order valence-corrected chi connectivity index (χ4v) is 3.77. The van der Waals surface area contributed by atoms with Crippen LogP contribution in [0, 0.1) is 0 Å². The molecule has 3 rings (SSSR count). The lowest BCUT2D eigenvalue weighted by atomic mass is 10.0. The van der Waals surface area contributed by atoms with E-state index in [9.17, 15) is 10.2 Å². The van der Waals surface area contributed by atoms with E-state index in [1.165, 1.54) is 15.8 Å². The molecule has 1 aromatic heterocycles. The van der Waals surface area contributed by atoms with Gasteiger partial charge in [-0.15, -0.1) is 11.3 Å².